The molecule has 58 heavy (non-hydrogen) atoms. The van der Waals surface area contributed by atoms with Crippen molar-refractivity contribution in [3.05, 3.63) is 101 Å². The second-order valence-corrected chi connectivity index (χ2v) is 19.9. The quantitative estimate of drug-likeness (QED) is 0.224. The molecule has 1 N–H and O–H groups in total. The summed E-state index contributed by atoms with van der Waals surface area (Å²) in [6.45, 7) is 15.1. The maximum Gasteiger partial charge on any atom is 0.341 e. The van der Waals surface area contributed by atoms with Crippen molar-refractivity contribution in [2.75, 3.05) is 6.61 Å². The van der Waals surface area contributed by atoms with Gasteiger partial charge in [0.2, 0.25) is 0 Å². The smallest absolute Gasteiger partial charge is 0.341 e. The molecule has 0 spiro atoms. The standard InChI is InChI=1S/C49H60N2O7/c1-8-57-41(53)33-29-50-51(30-33)38-20-21-46(4)37(49(38,7)42(54)55)19-22-48(6)40(46)36(52)27-34-35-28-45(3,24-23-44(35,2)25-26-47(34,48)5)43(56)58-39(31-15-11-9-12-16-31)32-17-13-10-14-18-32/h9-18,27,29-30,35,37-40H,8,19-26,28H2,1-7H3,(H,54,55)/t35-,37+,38-,40+,44+,45-,46-,47+,48+,49-/m0/s1. The van der Waals surface area contributed by atoms with Crippen LogP contribution < -0.4 is 0 Å². The average molecular weight is 789 g/mol. The molecule has 1 aromatic heterocycles. The monoisotopic (exact) mass is 788 g/mol. The van der Waals surface area contributed by atoms with E-state index in [2.05, 4.69) is 39.7 Å². The molecule has 1 heterocycles. The minimum atomic E-state index is -1.23. The molecule has 3 aromatic rings. The second-order valence-electron chi connectivity index (χ2n) is 19.9. The highest BCUT2D eigenvalue weighted by atomic mass is 16.5. The van der Waals surface area contributed by atoms with E-state index in [4.69, 9.17) is 9.47 Å². The van der Waals surface area contributed by atoms with E-state index in [1.54, 1.807) is 17.8 Å². The zero-order valence-corrected chi connectivity index (χ0v) is 35.3. The van der Waals surface area contributed by atoms with Gasteiger partial charge in [-0.2, -0.15) is 5.10 Å². The van der Waals surface area contributed by atoms with E-state index in [1.165, 1.54) is 11.8 Å². The molecular formula is C49H60N2O7. The Hall–Kier alpha value is -4.53. The first-order valence-corrected chi connectivity index (χ1v) is 21.5. The van der Waals surface area contributed by atoms with Crippen molar-refractivity contribution < 1.29 is 33.8 Å². The van der Waals surface area contributed by atoms with Crippen LogP contribution in [0.4, 0.5) is 0 Å². The maximum absolute atomic E-state index is 15.1. The number of benzene rings is 2. The van der Waals surface area contributed by atoms with Gasteiger partial charge in [0.25, 0.3) is 0 Å². The Bertz CT molecular complexity index is 2110. The number of carboxylic acids is 1. The minimum absolute atomic E-state index is 0.0325. The van der Waals surface area contributed by atoms with Gasteiger partial charge in [-0.3, -0.25) is 19.1 Å². The molecule has 9 nitrogen and oxygen atoms in total. The summed E-state index contributed by atoms with van der Waals surface area (Å²) in [6.07, 6.45) is 11.2. The van der Waals surface area contributed by atoms with Crippen molar-refractivity contribution in [3.8, 4) is 0 Å². The topological polar surface area (TPSA) is 125 Å². The first kappa shape index (κ1) is 40.3. The average Bonchev–Trinajstić information content (AvgIpc) is 3.69. The molecular weight excluding hydrogens is 729 g/mol. The third kappa shape index (κ3) is 5.87. The van der Waals surface area contributed by atoms with E-state index in [9.17, 15) is 19.5 Å². The number of rotatable bonds is 8. The van der Waals surface area contributed by atoms with Crippen molar-refractivity contribution in [3.63, 3.8) is 0 Å². The largest absolute Gasteiger partial charge is 0.481 e. The summed E-state index contributed by atoms with van der Waals surface area (Å²) in [7, 11) is 0. The number of fused-ring (bicyclic) bond motifs is 7. The number of allylic oxidation sites excluding steroid dienone is 2. The first-order chi connectivity index (χ1) is 27.4. The highest BCUT2D eigenvalue weighted by Crippen LogP contribution is 2.76. The van der Waals surface area contributed by atoms with Crippen LogP contribution in [0.15, 0.2) is 84.7 Å². The second kappa shape index (κ2) is 14.0. The molecule has 0 aliphatic heterocycles. The maximum atomic E-state index is 15.1. The van der Waals surface area contributed by atoms with Gasteiger partial charge in [-0.1, -0.05) is 93.9 Å². The van der Waals surface area contributed by atoms with Crippen LogP contribution in [0.25, 0.3) is 0 Å². The number of aromatic nitrogens is 2. The third-order valence-electron chi connectivity index (χ3n) is 17.0. The predicted molar refractivity (Wildman–Crippen MR) is 219 cm³/mol. The van der Waals surface area contributed by atoms with Crippen molar-refractivity contribution >= 4 is 23.7 Å². The lowest BCUT2D eigenvalue weighted by Crippen LogP contribution is -2.67. The highest BCUT2D eigenvalue weighted by Gasteiger charge is 2.72. The summed E-state index contributed by atoms with van der Waals surface area (Å²) < 4.78 is 13.4. The number of ether oxygens (including phenoxy) is 2. The molecule has 0 unspecified atom stereocenters. The zero-order valence-electron chi connectivity index (χ0n) is 35.3. The molecule has 5 aliphatic carbocycles. The molecule has 0 bridgehead atoms. The van der Waals surface area contributed by atoms with Crippen molar-refractivity contribution in [2.24, 2.45) is 50.2 Å². The van der Waals surface area contributed by atoms with Crippen LogP contribution in [-0.2, 0) is 23.9 Å². The fourth-order valence-corrected chi connectivity index (χ4v) is 13.4. The minimum Gasteiger partial charge on any atom is -0.481 e. The normalized spacial score (nSPS) is 38.0. The molecule has 0 amide bonds. The van der Waals surface area contributed by atoms with Gasteiger partial charge in [0.05, 0.1) is 35.2 Å². The summed E-state index contributed by atoms with van der Waals surface area (Å²) in [6, 6.07) is 19.4. The van der Waals surface area contributed by atoms with Crippen LogP contribution in [0.5, 0.6) is 0 Å². The Labute approximate surface area is 343 Å². The van der Waals surface area contributed by atoms with Gasteiger partial charge < -0.3 is 14.6 Å². The lowest BCUT2D eigenvalue weighted by atomic mass is 9.33. The van der Waals surface area contributed by atoms with Crippen LogP contribution >= 0.6 is 0 Å². The van der Waals surface area contributed by atoms with E-state index in [0.29, 0.717) is 31.2 Å². The summed E-state index contributed by atoms with van der Waals surface area (Å²) in [5.74, 6) is -2.10. The van der Waals surface area contributed by atoms with Gasteiger partial charge in [0.1, 0.15) is 0 Å². The molecule has 0 saturated heterocycles. The summed E-state index contributed by atoms with van der Waals surface area (Å²) >= 11 is 0. The first-order valence-electron chi connectivity index (χ1n) is 21.5. The summed E-state index contributed by atoms with van der Waals surface area (Å²) in [4.78, 5) is 55.8. The number of ketones is 1. The van der Waals surface area contributed by atoms with Crippen LogP contribution in [-0.4, -0.2) is 45.2 Å². The number of aliphatic carboxylic acids is 1. The molecule has 2 aromatic carbocycles. The number of carbonyl (C=O) groups is 4. The van der Waals surface area contributed by atoms with Gasteiger partial charge in [-0.05, 0) is 129 Å². The Balaban J connectivity index is 1.11. The SMILES string of the molecule is CCOC(=O)c1cnn([C@H]2CC[C@@]3(C)[C@@H](CC[C@]4(C)[C@@H]3C(=O)C=C3[C@@H]5C[C@@](C)(C(=O)OC(c6ccccc6)c6ccccc6)CC[C@]5(C)CC[C@]34C)[C@]2(C)C(=O)O)c1. The molecule has 0 radical (unpaired) electrons. The van der Waals surface area contributed by atoms with Gasteiger partial charge in [0, 0.05) is 12.1 Å². The summed E-state index contributed by atoms with van der Waals surface area (Å²) in [5.41, 5.74) is 0.0274. The lowest BCUT2D eigenvalue weighted by molar-refractivity contribution is -0.205. The molecule has 8 rings (SSSR count). The fraction of sp³-hybridized carbons (Fsp3) is 0.571. The number of esters is 2. The highest BCUT2D eigenvalue weighted by molar-refractivity contribution is 5.96. The molecule has 4 fully saturated rings. The fourth-order valence-electron chi connectivity index (χ4n) is 13.4. The number of hydrogen-bond donors (Lipinski definition) is 1. The van der Waals surface area contributed by atoms with Gasteiger partial charge in [-0.15, -0.1) is 0 Å². The van der Waals surface area contributed by atoms with E-state index in [0.717, 1.165) is 43.2 Å². The predicted octanol–water partition coefficient (Wildman–Crippen LogP) is 9.98. The Morgan fingerprint density at radius 1 is 0.862 bits per heavy atom. The van der Waals surface area contributed by atoms with Crippen molar-refractivity contribution in [2.45, 2.75) is 118 Å². The molecule has 5 aliphatic rings. The number of carboxylic acid groups (broad SMARTS) is 1. The number of nitrogens with zero attached hydrogens (tertiary/aromatic N) is 2. The Kier molecular flexibility index (Phi) is 9.75. The van der Waals surface area contributed by atoms with Crippen molar-refractivity contribution in [1.82, 2.24) is 9.78 Å². The van der Waals surface area contributed by atoms with Gasteiger partial charge in [-0.25, -0.2) is 4.79 Å². The lowest BCUT2D eigenvalue weighted by Gasteiger charge is -2.70. The van der Waals surface area contributed by atoms with E-state index in [-0.39, 0.29) is 46.9 Å². The van der Waals surface area contributed by atoms with Crippen LogP contribution in [0.3, 0.4) is 0 Å². The van der Waals surface area contributed by atoms with Gasteiger partial charge >= 0.3 is 17.9 Å². The van der Waals surface area contributed by atoms with E-state index < -0.39 is 45.7 Å². The van der Waals surface area contributed by atoms with Crippen molar-refractivity contribution in [1.29, 1.82) is 0 Å². The molecule has 9 heteroatoms. The van der Waals surface area contributed by atoms with E-state index >= 15 is 4.79 Å². The summed E-state index contributed by atoms with van der Waals surface area (Å²) in [5, 5.41) is 15.6. The molecule has 4 saturated carbocycles. The third-order valence-corrected chi connectivity index (χ3v) is 17.0. The number of hydrogen-bond acceptors (Lipinski definition) is 7. The Morgan fingerprint density at radius 3 is 2.12 bits per heavy atom. The van der Waals surface area contributed by atoms with Gasteiger partial charge in [0.15, 0.2) is 11.9 Å². The van der Waals surface area contributed by atoms with Crippen LogP contribution in [0.1, 0.15) is 140 Å². The van der Waals surface area contributed by atoms with Crippen LogP contribution in [0, 0.1) is 50.2 Å². The zero-order chi connectivity index (χ0) is 41.5. The molecule has 10 atom stereocenters. The number of carbonyl (C=O) groups excluding carboxylic acids is 3. The molecule has 308 valence electrons. The van der Waals surface area contributed by atoms with E-state index in [1.807, 2.05) is 73.7 Å². The van der Waals surface area contributed by atoms with Crippen LogP contribution in [0.2, 0.25) is 0 Å². The Morgan fingerprint density at radius 2 is 1.50 bits per heavy atom.